The molecule has 1 atom stereocenters. The monoisotopic (exact) mass is 337 g/mol. The van der Waals surface area contributed by atoms with Gasteiger partial charge in [-0.1, -0.05) is 48.5 Å². The number of carboxylic acids is 1. The largest absolute Gasteiger partial charge is 0.481 e. The van der Waals surface area contributed by atoms with Crippen molar-refractivity contribution in [3.8, 4) is 0 Å². The van der Waals surface area contributed by atoms with Crippen LogP contribution >= 0.6 is 0 Å². The Labute approximate surface area is 142 Å². The fourth-order valence-electron chi connectivity index (χ4n) is 2.60. The van der Waals surface area contributed by atoms with Crippen molar-refractivity contribution in [1.29, 1.82) is 0 Å². The number of hydrogen-bond acceptors (Lipinski definition) is 4. The number of aromatic amines is 1. The zero-order chi connectivity index (χ0) is 17.8. The van der Waals surface area contributed by atoms with Crippen LogP contribution in [0.4, 0.5) is 0 Å². The van der Waals surface area contributed by atoms with Gasteiger partial charge >= 0.3 is 5.97 Å². The molecule has 0 saturated heterocycles. The zero-order valence-electron chi connectivity index (χ0n) is 13.1. The van der Waals surface area contributed by atoms with E-state index in [-0.39, 0.29) is 17.8 Å². The van der Waals surface area contributed by atoms with E-state index in [0.717, 1.165) is 0 Å². The average Bonchev–Trinajstić information content (AvgIpc) is 2.63. The number of H-pyrrole nitrogens is 1. The number of hydrogen-bond donors (Lipinski definition) is 3. The topological polar surface area (TPSA) is 112 Å². The highest BCUT2D eigenvalue weighted by Gasteiger charge is 2.22. The number of nitrogens with one attached hydrogen (secondary N) is 2. The highest BCUT2D eigenvalue weighted by Crippen LogP contribution is 2.16. The first-order valence-corrected chi connectivity index (χ1v) is 7.61. The van der Waals surface area contributed by atoms with E-state index in [9.17, 15) is 19.5 Å². The van der Waals surface area contributed by atoms with Gasteiger partial charge in [-0.3, -0.25) is 14.4 Å². The minimum atomic E-state index is -1.04. The van der Waals surface area contributed by atoms with Crippen molar-refractivity contribution in [3.63, 3.8) is 0 Å². The van der Waals surface area contributed by atoms with Gasteiger partial charge in [0.1, 0.15) is 0 Å². The van der Waals surface area contributed by atoms with Gasteiger partial charge in [0.25, 0.3) is 11.5 Å². The number of carboxylic acid groups (broad SMARTS) is 1. The second-order valence-corrected chi connectivity index (χ2v) is 5.46. The summed E-state index contributed by atoms with van der Waals surface area (Å²) in [5, 5.41) is 18.8. The molecule has 0 aliphatic rings. The number of carbonyl (C=O) groups is 2. The predicted molar refractivity (Wildman–Crippen MR) is 91.5 cm³/mol. The van der Waals surface area contributed by atoms with Crippen molar-refractivity contribution in [2.45, 2.75) is 5.92 Å². The molecule has 126 valence electrons. The molecular weight excluding hydrogens is 322 g/mol. The first-order valence-electron chi connectivity index (χ1n) is 7.61. The Morgan fingerprint density at radius 1 is 1.04 bits per heavy atom. The maximum absolute atomic E-state index is 12.4. The summed E-state index contributed by atoms with van der Waals surface area (Å²) in [6.45, 7) is -0.0900. The van der Waals surface area contributed by atoms with Crippen molar-refractivity contribution in [3.05, 3.63) is 76.2 Å². The Hall–Kier alpha value is -3.48. The predicted octanol–water partition coefficient (Wildman–Crippen LogP) is 1.52. The van der Waals surface area contributed by atoms with E-state index in [1.165, 1.54) is 0 Å². The van der Waals surface area contributed by atoms with Crippen LogP contribution in [0.3, 0.4) is 0 Å². The Morgan fingerprint density at radius 3 is 2.36 bits per heavy atom. The van der Waals surface area contributed by atoms with Gasteiger partial charge in [0.2, 0.25) is 0 Å². The maximum atomic E-state index is 12.4. The molecule has 3 aromatic rings. The summed E-state index contributed by atoms with van der Waals surface area (Å²) in [6, 6.07) is 15.3. The summed E-state index contributed by atoms with van der Waals surface area (Å²) < 4.78 is 0. The normalized spacial score (nSPS) is 11.8. The molecule has 7 heteroatoms. The van der Waals surface area contributed by atoms with E-state index >= 15 is 0 Å². The quantitative estimate of drug-likeness (QED) is 0.653. The van der Waals surface area contributed by atoms with Crippen LogP contribution in [0.25, 0.3) is 10.8 Å². The summed E-state index contributed by atoms with van der Waals surface area (Å²) in [5.41, 5.74) is 0.252. The van der Waals surface area contributed by atoms with Gasteiger partial charge in [-0.25, -0.2) is 5.10 Å². The Morgan fingerprint density at radius 2 is 1.68 bits per heavy atom. The highest BCUT2D eigenvalue weighted by molar-refractivity contribution is 6.04. The lowest BCUT2D eigenvalue weighted by Crippen LogP contribution is -2.33. The summed E-state index contributed by atoms with van der Waals surface area (Å²) in [4.78, 5) is 35.7. The van der Waals surface area contributed by atoms with Crippen LogP contribution in [0.15, 0.2) is 59.4 Å². The third-order valence-electron chi connectivity index (χ3n) is 3.88. The smallest absolute Gasteiger partial charge is 0.312 e. The molecular formula is C18H15N3O4. The van der Waals surface area contributed by atoms with Crippen molar-refractivity contribution in [1.82, 2.24) is 15.5 Å². The number of benzene rings is 2. The number of amides is 1. The minimum absolute atomic E-state index is 0.0485. The van der Waals surface area contributed by atoms with Crippen molar-refractivity contribution >= 4 is 22.6 Å². The van der Waals surface area contributed by atoms with Gasteiger partial charge in [-0.05, 0) is 11.6 Å². The van der Waals surface area contributed by atoms with E-state index in [2.05, 4.69) is 15.5 Å². The van der Waals surface area contributed by atoms with Crippen LogP contribution < -0.4 is 10.9 Å². The van der Waals surface area contributed by atoms with Gasteiger partial charge in [0.15, 0.2) is 5.69 Å². The molecule has 1 amide bonds. The zero-order valence-corrected chi connectivity index (χ0v) is 13.1. The number of aliphatic carboxylic acids is 1. The molecule has 2 aromatic carbocycles. The molecule has 1 unspecified atom stereocenters. The maximum Gasteiger partial charge on any atom is 0.312 e. The summed E-state index contributed by atoms with van der Waals surface area (Å²) in [7, 11) is 0. The summed E-state index contributed by atoms with van der Waals surface area (Å²) in [5.74, 6) is -2.46. The molecule has 7 nitrogen and oxygen atoms in total. The number of fused-ring (bicyclic) bond motifs is 1. The second kappa shape index (κ2) is 6.96. The van der Waals surface area contributed by atoms with E-state index < -0.39 is 17.8 Å². The Balaban J connectivity index is 1.84. The second-order valence-electron chi connectivity index (χ2n) is 5.46. The van der Waals surface area contributed by atoms with Crippen molar-refractivity contribution in [2.24, 2.45) is 0 Å². The number of carbonyl (C=O) groups excluding carboxylic acids is 1. The Kier molecular flexibility index (Phi) is 4.56. The van der Waals surface area contributed by atoms with Crippen molar-refractivity contribution < 1.29 is 14.7 Å². The van der Waals surface area contributed by atoms with Gasteiger partial charge in [-0.15, -0.1) is 0 Å². The molecule has 0 radical (unpaired) electrons. The molecule has 0 aliphatic carbocycles. The number of nitrogens with zero attached hydrogens (tertiary/aromatic N) is 1. The third kappa shape index (κ3) is 3.40. The Bertz CT molecular complexity index is 982. The van der Waals surface area contributed by atoms with Crippen LogP contribution in [-0.4, -0.2) is 33.7 Å². The standard InChI is InChI=1S/C18H15N3O4/c22-16-13-9-5-4-8-12(13)15(20-21-16)17(23)19-10-14(18(24)25)11-6-2-1-3-7-11/h1-9,14H,10H2,(H,19,23)(H,21,22)(H,24,25). The van der Waals surface area contributed by atoms with E-state index in [1.54, 1.807) is 54.6 Å². The van der Waals surface area contributed by atoms with E-state index in [1.807, 2.05) is 0 Å². The van der Waals surface area contributed by atoms with E-state index in [4.69, 9.17) is 0 Å². The van der Waals surface area contributed by atoms with Gasteiger partial charge in [-0.2, -0.15) is 5.10 Å². The fraction of sp³-hybridized carbons (Fsp3) is 0.111. The van der Waals surface area contributed by atoms with Crippen LogP contribution in [-0.2, 0) is 4.79 Å². The lowest BCUT2D eigenvalue weighted by Gasteiger charge is -2.14. The lowest BCUT2D eigenvalue weighted by atomic mass is 9.99. The molecule has 3 rings (SSSR count). The molecule has 0 fully saturated rings. The molecule has 25 heavy (non-hydrogen) atoms. The molecule has 0 aliphatic heterocycles. The fourth-order valence-corrected chi connectivity index (χ4v) is 2.60. The van der Waals surface area contributed by atoms with Crippen LogP contribution in [0, 0.1) is 0 Å². The molecule has 0 saturated carbocycles. The van der Waals surface area contributed by atoms with Crippen LogP contribution in [0.5, 0.6) is 0 Å². The molecule has 1 heterocycles. The SMILES string of the molecule is O=C(NCC(C(=O)O)c1ccccc1)c1n[nH]c(=O)c2ccccc12. The molecule has 0 spiro atoms. The highest BCUT2D eigenvalue weighted by atomic mass is 16.4. The van der Waals surface area contributed by atoms with Gasteiger partial charge < -0.3 is 10.4 Å². The average molecular weight is 337 g/mol. The first-order chi connectivity index (χ1) is 12.1. The van der Waals surface area contributed by atoms with Crippen LogP contribution in [0.2, 0.25) is 0 Å². The van der Waals surface area contributed by atoms with Crippen LogP contribution in [0.1, 0.15) is 22.0 Å². The third-order valence-corrected chi connectivity index (χ3v) is 3.88. The lowest BCUT2D eigenvalue weighted by molar-refractivity contribution is -0.138. The first kappa shape index (κ1) is 16.4. The van der Waals surface area contributed by atoms with E-state index in [0.29, 0.717) is 16.3 Å². The molecule has 3 N–H and O–H groups in total. The summed E-state index contributed by atoms with van der Waals surface area (Å²) >= 11 is 0. The van der Waals surface area contributed by atoms with Gasteiger partial charge in [0, 0.05) is 11.9 Å². The molecule has 0 bridgehead atoms. The summed E-state index contributed by atoms with van der Waals surface area (Å²) in [6.07, 6.45) is 0. The minimum Gasteiger partial charge on any atom is -0.481 e. The van der Waals surface area contributed by atoms with Crippen molar-refractivity contribution in [2.75, 3.05) is 6.54 Å². The number of rotatable bonds is 5. The number of aromatic nitrogens is 2. The van der Waals surface area contributed by atoms with Gasteiger partial charge in [0.05, 0.1) is 11.3 Å². The molecule has 1 aromatic heterocycles.